The molecule has 0 bridgehead atoms. The maximum Gasteiger partial charge on any atom is -0.0417 e. The van der Waals surface area contributed by atoms with E-state index in [1.807, 2.05) is 13.8 Å². The Hall–Kier alpha value is -0.0400. The summed E-state index contributed by atoms with van der Waals surface area (Å²) in [5.74, 6) is 2.25. The zero-order valence-electron chi connectivity index (χ0n) is 10.1. The average molecular weight is 184 g/mol. The van der Waals surface area contributed by atoms with E-state index in [0.29, 0.717) is 5.92 Å². The van der Waals surface area contributed by atoms with Crippen LogP contribution in [-0.4, -0.2) is 5.54 Å². The van der Waals surface area contributed by atoms with Crippen molar-refractivity contribution in [3.05, 3.63) is 5.73 Å². The highest BCUT2D eigenvalue weighted by Gasteiger charge is 2.14. The number of hydrogen-bond acceptors (Lipinski definition) is 0. The van der Waals surface area contributed by atoms with Gasteiger partial charge in [0.2, 0.25) is 0 Å². The van der Waals surface area contributed by atoms with Gasteiger partial charge in [-0.15, -0.1) is 5.54 Å². The van der Waals surface area contributed by atoms with Gasteiger partial charge < -0.3 is 5.73 Å². The van der Waals surface area contributed by atoms with Gasteiger partial charge in [-0.2, -0.15) is 0 Å². The molecule has 0 aliphatic carbocycles. The molecule has 0 aromatic heterocycles. The van der Waals surface area contributed by atoms with E-state index < -0.39 is 0 Å². The zero-order valence-corrected chi connectivity index (χ0v) is 10.1. The normalized spacial score (nSPS) is 17.5. The molecule has 1 unspecified atom stereocenters. The highest BCUT2D eigenvalue weighted by atomic mass is 14.7. The second-order valence-corrected chi connectivity index (χ2v) is 5.65. The Balaban J connectivity index is 3.81. The van der Waals surface area contributed by atoms with Gasteiger partial charge in [-0.3, -0.25) is 0 Å². The Morgan fingerprint density at radius 1 is 1.08 bits per heavy atom. The Morgan fingerprint density at radius 2 is 1.54 bits per heavy atom. The Kier molecular flexibility index (Phi) is 4.98. The average Bonchev–Trinajstić information content (AvgIpc) is 1.81. The van der Waals surface area contributed by atoms with Crippen molar-refractivity contribution in [1.82, 2.24) is 0 Å². The predicted molar refractivity (Wildman–Crippen MR) is 60.8 cm³/mol. The lowest BCUT2D eigenvalue weighted by molar-refractivity contribution is 0.300. The predicted octanol–water partition coefficient (Wildman–Crippen LogP) is 4.53. The summed E-state index contributed by atoms with van der Waals surface area (Å²) in [6.45, 7) is 13.2. The van der Waals surface area contributed by atoms with Crippen molar-refractivity contribution in [2.75, 3.05) is 0 Å². The molecule has 0 saturated carbocycles. The van der Waals surface area contributed by atoms with Gasteiger partial charge in [-0.25, -0.2) is 0 Å². The monoisotopic (exact) mass is 184 g/mol. The molecule has 0 fully saturated rings. The smallest absolute Gasteiger partial charge is 0.0417 e. The highest BCUT2D eigenvalue weighted by molar-refractivity contribution is 4.86. The lowest BCUT2D eigenvalue weighted by Gasteiger charge is -2.33. The third kappa shape index (κ3) is 7.06. The SMILES string of the molecule is CC(C)C(C)C[C@H](C)CC(C)(C)[NH-]. The molecular formula is C12H26N-. The fourth-order valence-corrected chi connectivity index (χ4v) is 1.86. The minimum Gasteiger partial charge on any atom is -0.672 e. The van der Waals surface area contributed by atoms with Crippen LogP contribution < -0.4 is 0 Å². The minimum atomic E-state index is -0.254. The van der Waals surface area contributed by atoms with Crippen LogP contribution in [0.15, 0.2) is 0 Å². The quantitative estimate of drug-likeness (QED) is 0.599. The number of hydrogen-bond donors (Lipinski definition) is 0. The van der Waals surface area contributed by atoms with Gasteiger partial charge in [0.25, 0.3) is 0 Å². The van der Waals surface area contributed by atoms with Crippen LogP contribution in [0.5, 0.6) is 0 Å². The second kappa shape index (κ2) is 4.99. The van der Waals surface area contributed by atoms with Crippen molar-refractivity contribution in [1.29, 1.82) is 0 Å². The fourth-order valence-electron chi connectivity index (χ4n) is 1.86. The molecule has 0 aliphatic heterocycles. The van der Waals surface area contributed by atoms with E-state index in [4.69, 9.17) is 5.73 Å². The van der Waals surface area contributed by atoms with E-state index in [9.17, 15) is 0 Å². The molecule has 13 heavy (non-hydrogen) atoms. The first kappa shape index (κ1) is 13.0. The summed E-state index contributed by atoms with van der Waals surface area (Å²) in [7, 11) is 0. The standard InChI is InChI=1S/C12H26N/c1-9(2)11(4)7-10(3)8-12(5,6)13/h9-11,13H,7-8H2,1-6H3/q-1/t10-,11?/m0/s1. The van der Waals surface area contributed by atoms with E-state index >= 15 is 0 Å². The maximum atomic E-state index is 7.81. The molecule has 0 spiro atoms. The van der Waals surface area contributed by atoms with Crippen molar-refractivity contribution in [3.63, 3.8) is 0 Å². The third-order valence-corrected chi connectivity index (χ3v) is 2.77. The summed E-state index contributed by atoms with van der Waals surface area (Å²) >= 11 is 0. The van der Waals surface area contributed by atoms with Gasteiger partial charge in [0.1, 0.15) is 0 Å². The molecule has 80 valence electrons. The van der Waals surface area contributed by atoms with Gasteiger partial charge in [0.15, 0.2) is 0 Å². The van der Waals surface area contributed by atoms with Crippen LogP contribution in [0.25, 0.3) is 5.73 Å². The van der Waals surface area contributed by atoms with Crippen molar-refractivity contribution in [2.45, 2.75) is 59.9 Å². The Bertz CT molecular complexity index is 133. The molecular weight excluding hydrogens is 158 g/mol. The molecule has 0 saturated heterocycles. The Labute approximate surface area is 84.1 Å². The van der Waals surface area contributed by atoms with E-state index in [1.54, 1.807) is 0 Å². The van der Waals surface area contributed by atoms with Crippen LogP contribution in [-0.2, 0) is 0 Å². The van der Waals surface area contributed by atoms with Crippen molar-refractivity contribution >= 4 is 0 Å². The van der Waals surface area contributed by atoms with E-state index in [1.165, 1.54) is 6.42 Å². The first-order chi connectivity index (χ1) is 5.72. The molecule has 0 aromatic carbocycles. The molecule has 0 aromatic rings. The first-order valence-corrected chi connectivity index (χ1v) is 5.47. The van der Waals surface area contributed by atoms with E-state index in [0.717, 1.165) is 18.3 Å². The van der Waals surface area contributed by atoms with Crippen molar-refractivity contribution in [2.24, 2.45) is 17.8 Å². The van der Waals surface area contributed by atoms with Crippen LogP contribution in [0.3, 0.4) is 0 Å². The van der Waals surface area contributed by atoms with Crippen molar-refractivity contribution in [3.8, 4) is 0 Å². The molecule has 0 aliphatic rings. The zero-order chi connectivity index (χ0) is 10.6. The van der Waals surface area contributed by atoms with Crippen LogP contribution in [0.2, 0.25) is 0 Å². The lowest BCUT2D eigenvalue weighted by Crippen LogP contribution is -2.19. The fraction of sp³-hybridized carbons (Fsp3) is 1.00. The second-order valence-electron chi connectivity index (χ2n) is 5.65. The molecule has 0 rings (SSSR count). The molecule has 0 amide bonds. The van der Waals surface area contributed by atoms with E-state index in [-0.39, 0.29) is 5.54 Å². The highest BCUT2D eigenvalue weighted by Crippen LogP contribution is 2.26. The van der Waals surface area contributed by atoms with Crippen LogP contribution in [0, 0.1) is 17.8 Å². The molecule has 1 nitrogen and oxygen atoms in total. The largest absolute Gasteiger partial charge is 0.672 e. The molecule has 0 radical (unpaired) electrons. The molecule has 2 atom stereocenters. The van der Waals surface area contributed by atoms with Crippen LogP contribution in [0.1, 0.15) is 54.4 Å². The molecule has 0 heterocycles. The summed E-state index contributed by atoms with van der Waals surface area (Å²) in [6.07, 6.45) is 2.28. The summed E-state index contributed by atoms with van der Waals surface area (Å²) < 4.78 is 0. The van der Waals surface area contributed by atoms with Gasteiger partial charge in [0.05, 0.1) is 0 Å². The Morgan fingerprint density at radius 3 is 1.85 bits per heavy atom. The lowest BCUT2D eigenvalue weighted by atomic mass is 9.83. The first-order valence-electron chi connectivity index (χ1n) is 5.47. The van der Waals surface area contributed by atoms with Gasteiger partial charge in [0, 0.05) is 0 Å². The van der Waals surface area contributed by atoms with Gasteiger partial charge in [-0.1, -0.05) is 48.0 Å². The summed E-state index contributed by atoms with van der Waals surface area (Å²) in [5, 5.41) is 0. The van der Waals surface area contributed by atoms with Crippen LogP contribution >= 0.6 is 0 Å². The van der Waals surface area contributed by atoms with Gasteiger partial charge >= 0.3 is 0 Å². The summed E-state index contributed by atoms with van der Waals surface area (Å²) in [4.78, 5) is 0. The third-order valence-electron chi connectivity index (χ3n) is 2.77. The van der Waals surface area contributed by atoms with Crippen molar-refractivity contribution < 1.29 is 0 Å². The summed E-state index contributed by atoms with van der Waals surface area (Å²) in [5.41, 5.74) is 7.56. The van der Waals surface area contributed by atoms with E-state index in [2.05, 4.69) is 27.7 Å². The molecule has 1 heteroatoms. The van der Waals surface area contributed by atoms with Crippen LogP contribution in [0.4, 0.5) is 0 Å². The van der Waals surface area contributed by atoms with Gasteiger partial charge in [-0.05, 0) is 24.2 Å². The topological polar surface area (TPSA) is 23.8 Å². The maximum absolute atomic E-state index is 7.81. The number of nitrogens with one attached hydrogen (secondary N) is 1. The minimum absolute atomic E-state index is 0.254. The summed E-state index contributed by atoms with van der Waals surface area (Å²) in [6, 6.07) is 0. The molecule has 1 N–H and O–H groups in total. The number of rotatable bonds is 5.